The molecule has 3 aromatic rings. The van der Waals surface area contributed by atoms with Crippen molar-refractivity contribution in [1.29, 1.82) is 0 Å². The number of aromatic nitrogens is 2. The molecule has 2 aliphatic heterocycles. The molecule has 29 heavy (non-hydrogen) atoms. The van der Waals surface area contributed by atoms with Crippen LogP contribution in [0.15, 0.2) is 53.1 Å². The smallest absolute Gasteiger partial charge is 0.242 e. The van der Waals surface area contributed by atoms with Gasteiger partial charge in [-0.15, -0.1) is 0 Å². The number of anilines is 2. The molecule has 1 spiro atoms. The highest BCUT2D eigenvalue weighted by Gasteiger charge is 2.56. The van der Waals surface area contributed by atoms with Crippen LogP contribution in [0.3, 0.4) is 0 Å². The zero-order valence-corrected chi connectivity index (χ0v) is 17.4. The van der Waals surface area contributed by atoms with Gasteiger partial charge in [-0.05, 0) is 48.0 Å². The summed E-state index contributed by atoms with van der Waals surface area (Å²) in [7, 11) is 3.34. The molecule has 0 radical (unpaired) electrons. The summed E-state index contributed by atoms with van der Waals surface area (Å²) in [5.41, 5.74) is 1.98. The molecule has 0 saturated carbocycles. The minimum atomic E-state index is -1.09. The Labute approximate surface area is 175 Å². The second-order valence-electron chi connectivity index (χ2n) is 7.17. The van der Waals surface area contributed by atoms with Crippen LogP contribution in [0, 0.1) is 0 Å². The number of carbonyl (C=O) groups is 2. The number of carbonyl (C=O) groups excluding carboxylic acids is 2. The molecule has 2 aliphatic rings. The zero-order valence-electron chi connectivity index (χ0n) is 15.8. The van der Waals surface area contributed by atoms with Crippen molar-refractivity contribution in [3.8, 4) is 11.4 Å². The lowest BCUT2D eigenvalue weighted by atomic mass is 9.72. The number of hydrogen-bond acceptors (Lipinski definition) is 4. The summed E-state index contributed by atoms with van der Waals surface area (Å²) in [6.07, 6.45) is 1.72. The van der Waals surface area contributed by atoms with Crippen LogP contribution in [0.4, 0.5) is 11.5 Å². The summed E-state index contributed by atoms with van der Waals surface area (Å²) in [6, 6.07) is 13.1. The number of benzene rings is 2. The monoisotopic (exact) mass is 452 g/mol. The van der Waals surface area contributed by atoms with Crippen molar-refractivity contribution < 1.29 is 14.3 Å². The molecule has 1 unspecified atom stereocenters. The minimum absolute atomic E-state index is 0.0426. The van der Waals surface area contributed by atoms with Crippen LogP contribution >= 0.6 is 15.9 Å². The van der Waals surface area contributed by atoms with E-state index >= 15 is 0 Å². The molecule has 0 saturated heterocycles. The molecule has 1 aromatic heterocycles. The minimum Gasteiger partial charge on any atom is -0.497 e. The third kappa shape index (κ3) is 2.38. The van der Waals surface area contributed by atoms with Gasteiger partial charge in [-0.2, -0.15) is 5.10 Å². The number of hydrogen-bond donors (Lipinski definition) is 1. The molecular weight excluding hydrogens is 436 g/mol. The molecule has 3 heterocycles. The van der Waals surface area contributed by atoms with Crippen molar-refractivity contribution in [3.05, 3.63) is 64.3 Å². The second-order valence-corrected chi connectivity index (χ2v) is 8.09. The molecule has 1 atom stereocenters. The van der Waals surface area contributed by atoms with Gasteiger partial charge in [0.25, 0.3) is 0 Å². The molecule has 0 fully saturated rings. The number of amides is 2. The molecule has 146 valence electrons. The van der Waals surface area contributed by atoms with Gasteiger partial charge in [0.05, 0.1) is 19.0 Å². The van der Waals surface area contributed by atoms with Gasteiger partial charge in [0.2, 0.25) is 11.8 Å². The Morgan fingerprint density at radius 2 is 1.90 bits per heavy atom. The Balaban J connectivity index is 1.74. The van der Waals surface area contributed by atoms with Gasteiger partial charge in [-0.1, -0.05) is 15.9 Å². The fourth-order valence-corrected chi connectivity index (χ4v) is 4.66. The Morgan fingerprint density at radius 3 is 2.62 bits per heavy atom. The van der Waals surface area contributed by atoms with Crippen molar-refractivity contribution in [2.24, 2.45) is 0 Å². The predicted octanol–water partition coefficient (Wildman–Crippen LogP) is 3.25. The first-order valence-corrected chi connectivity index (χ1v) is 9.86. The second kappa shape index (κ2) is 6.18. The normalized spacial score (nSPS) is 19.9. The largest absolute Gasteiger partial charge is 0.497 e. The number of likely N-dealkylation sites (N-methyl/N-ethyl adjacent to an activating group) is 1. The number of methoxy groups -OCH3 is 1. The lowest BCUT2D eigenvalue weighted by Gasteiger charge is -2.32. The molecule has 0 bridgehead atoms. The highest BCUT2D eigenvalue weighted by atomic mass is 79.9. The standard InChI is InChI=1S/C21H17BrN4O3/c1-25-17-8-3-12(22)9-15(17)21(20(25)28)10-18(27)24-19-16(21)11-23-26(19)13-4-6-14(29-2)7-5-13/h3-9,11H,10H2,1-2H3,(H,24,27). The van der Waals surface area contributed by atoms with E-state index in [-0.39, 0.29) is 18.2 Å². The highest BCUT2D eigenvalue weighted by Crippen LogP contribution is 2.52. The molecule has 0 aliphatic carbocycles. The Bertz CT molecular complexity index is 1170. The van der Waals surface area contributed by atoms with E-state index in [0.29, 0.717) is 11.4 Å². The van der Waals surface area contributed by atoms with Crippen LogP contribution in [-0.4, -0.2) is 35.8 Å². The quantitative estimate of drug-likeness (QED) is 0.647. The van der Waals surface area contributed by atoms with Gasteiger partial charge >= 0.3 is 0 Å². The lowest BCUT2D eigenvalue weighted by molar-refractivity contribution is -0.126. The van der Waals surface area contributed by atoms with Crippen LogP contribution in [0.1, 0.15) is 17.5 Å². The average molecular weight is 453 g/mol. The fourth-order valence-electron chi connectivity index (χ4n) is 4.30. The first-order valence-electron chi connectivity index (χ1n) is 9.06. The van der Waals surface area contributed by atoms with Crippen molar-refractivity contribution in [3.63, 3.8) is 0 Å². The molecule has 5 rings (SSSR count). The zero-order chi connectivity index (χ0) is 20.3. The highest BCUT2D eigenvalue weighted by molar-refractivity contribution is 9.10. The van der Waals surface area contributed by atoms with Gasteiger partial charge < -0.3 is 15.0 Å². The molecular formula is C21H17BrN4O3. The Morgan fingerprint density at radius 1 is 1.14 bits per heavy atom. The van der Waals surface area contributed by atoms with E-state index in [1.165, 1.54) is 0 Å². The molecule has 2 aromatic carbocycles. The maximum atomic E-state index is 13.5. The van der Waals surface area contributed by atoms with Crippen LogP contribution in [-0.2, 0) is 15.0 Å². The fraction of sp³-hybridized carbons (Fsp3) is 0.190. The number of rotatable bonds is 2. The third-order valence-electron chi connectivity index (χ3n) is 5.68. The number of nitrogens with one attached hydrogen (secondary N) is 1. The van der Waals surface area contributed by atoms with E-state index in [1.54, 1.807) is 29.9 Å². The van der Waals surface area contributed by atoms with E-state index in [4.69, 9.17) is 4.74 Å². The summed E-state index contributed by atoms with van der Waals surface area (Å²) in [6.45, 7) is 0. The number of nitrogens with zero attached hydrogens (tertiary/aromatic N) is 3. The van der Waals surface area contributed by atoms with Crippen LogP contribution in [0.25, 0.3) is 5.69 Å². The van der Waals surface area contributed by atoms with E-state index in [2.05, 4.69) is 26.3 Å². The van der Waals surface area contributed by atoms with E-state index in [9.17, 15) is 9.59 Å². The Hall–Kier alpha value is -3.13. The van der Waals surface area contributed by atoms with Gasteiger partial charge in [0.1, 0.15) is 17.0 Å². The summed E-state index contributed by atoms with van der Waals surface area (Å²) in [4.78, 5) is 27.8. The molecule has 2 amide bonds. The lowest BCUT2D eigenvalue weighted by Crippen LogP contribution is -2.45. The third-order valence-corrected chi connectivity index (χ3v) is 6.17. The van der Waals surface area contributed by atoms with E-state index < -0.39 is 5.41 Å². The maximum absolute atomic E-state index is 13.5. The molecule has 8 heteroatoms. The summed E-state index contributed by atoms with van der Waals surface area (Å²) in [5, 5.41) is 7.43. The van der Waals surface area contributed by atoms with E-state index in [0.717, 1.165) is 27.2 Å². The number of ether oxygens (including phenoxy) is 1. The Kier molecular flexibility index (Phi) is 3.82. The van der Waals surface area contributed by atoms with Crippen molar-refractivity contribution in [2.45, 2.75) is 11.8 Å². The van der Waals surface area contributed by atoms with Crippen molar-refractivity contribution in [2.75, 3.05) is 24.4 Å². The van der Waals surface area contributed by atoms with Crippen LogP contribution in [0.2, 0.25) is 0 Å². The number of fused-ring (bicyclic) bond motifs is 4. The van der Waals surface area contributed by atoms with Crippen LogP contribution < -0.4 is 15.0 Å². The summed E-state index contributed by atoms with van der Waals surface area (Å²) < 4.78 is 7.72. The van der Waals surface area contributed by atoms with Crippen molar-refractivity contribution in [1.82, 2.24) is 9.78 Å². The number of halogens is 1. The first kappa shape index (κ1) is 17.9. The predicted molar refractivity (Wildman–Crippen MR) is 112 cm³/mol. The van der Waals surface area contributed by atoms with Gasteiger partial charge in [-0.25, -0.2) is 4.68 Å². The molecule has 7 nitrogen and oxygen atoms in total. The topological polar surface area (TPSA) is 76.5 Å². The SMILES string of the molecule is COc1ccc(-n2ncc3c2NC(=O)CC32C(=O)N(C)c3ccc(Br)cc32)cc1. The first-order chi connectivity index (χ1) is 14.0. The maximum Gasteiger partial charge on any atom is 0.242 e. The average Bonchev–Trinajstić information content (AvgIpc) is 3.23. The molecule has 1 N–H and O–H groups in total. The van der Waals surface area contributed by atoms with Crippen molar-refractivity contribution >= 4 is 39.2 Å². The summed E-state index contributed by atoms with van der Waals surface area (Å²) in [5.74, 6) is 0.890. The van der Waals surface area contributed by atoms with Gasteiger partial charge in [0, 0.05) is 29.2 Å². The van der Waals surface area contributed by atoms with Crippen LogP contribution in [0.5, 0.6) is 5.75 Å². The van der Waals surface area contributed by atoms with Gasteiger partial charge in [0.15, 0.2) is 0 Å². The summed E-state index contributed by atoms with van der Waals surface area (Å²) >= 11 is 3.50. The van der Waals surface area contributed by atoms with E-state index in [1.807, 2.05) is 42.5 Å². The van der Waals surface area contributed by atoms with Gasteiger partial charge in [-0.3, -0.25) is 9.59 Å².